The Morgan fingerprint density at radius 2 is 2.27 bits per heavy atom. The zero-order chi connectivity index (χ0) is 17.8. The first-order chi connectivity index (χ1) is 12.6. The van der Waals surface area contributed by atoms with Crippen molar-refractivity contribution >= 4 is 61.2 Å². The van der Waals surface area contributed by atoms with Gasteiger partial charge in [-0.15, -0.1) is 22.7 Å². The van der Waals surface area contributed by atoms with Crippen LogP contribution in [0.4, 0.5) is 11.4 Å². The molecule has 1 aliphatic heterocycles. The number of thiazole rings is 1. The maximum atomic E-state index is 12.6. The largest absolute Gasteiger partial charge is 0.479 e. The third-order valence-corrected chi connectivity index (χ3v) is 5.91. The van der Waals surface area contributed by atoms with Crippen molar-refractivity contribution in [2.75, 3.05) is 10.6 Å². The van der Waals surface area contributed by atoms with Gasteiger partial charge in [0, 0.05) is 17.3 Å². The summed E-state index contributed by atoms with van der Waals surface area (Å²) >= 11 is 2.91. The molecule has 0 saturated carbocycles. The number of hydrogen-bond acceptors (Lipinski definition) is 6. The Kier molecular flexibility index (Phi) is 3.28. The highest BCUT2D eigenvalue weighted by Gasteiger charge is 2.24. The average Bonchev–Trinajstić information content (AvgIpc) is 3.28. The summed E-state index contributed by atoms with van der Waals surface area (Å²) in [5.74, 6) is 0.166. The molecule has 9 heteroatoms. The highest BCUT2D eigenvalue weighted by Crippen LogP contribution is 2.33. The van der Waals surface area contributed by atoms with Gasteiger partial charge in [0.1, 0.15) is 10.6 Å². The number of benzene rings is 1. The molecule has 4 aromatic rings. The summed E-state index contributed by atoms with van der Waals surface area (Å²) in [5.41, 5.74) is 2.06. The van der Waals surface area contributed by atoms with Crippen LogP contribution >= 0.6 is 22.7 Å². The number of imidazole rings is 1. The van der Waals surface area contributed by atoms with E-state index in [1.807, 2.05) is 22.0 Å². The van der Waals surface area contributed by atoms with Crippen LogP contribution in [0.15, 0.2) is 35.8 Å². The fraction of sp³-hybridized carbons (Fsp3) is 0.118. The van der Waals surface area contributed by atoms with E-state index in [9.17, 15) is 9.59 Å². The molecule has 0 radical (unpaired) electrons. The summed E-state index contributed by atoms with van der Waals surface area (Å²) in [6, 6.07) is 7.01. The van der Waals surface area contributed by atoms with Gasteiger partial charge in [-0.3, -0.25) is 14.0 Å². The molecule has 26 heavy (non-hydrogen) atoms. The lowest BCUT2D eigenvalue weighted by molar-refractivity contribution is -0.122. The molecular weight excluding hydrogens is 372 g/mol. The minimum Gasteiger partial charge on any atom is -0.479 e. The normalized spacial score (nSPS) is 16.3. The molecule has 0 fully saturated rings. The lowest BCUT2D eigenvalue weighted by Gasteiger charge is -2.23. The second-order valence-electron chi connectivity index (χ2n) is 5.88. The van der Waals surface area contributed by atoms with Gasteiger partial charge in [0.05, 0.1) is 16.1 Å². The molecule has 0 spiro atoms. The molecule has 5 rings (SSSR count). The van der Waals surface area contributed by atoms with Crippen molar-refractivity contribution in [3.05, 3.63) is 40.7 Å². The first kappa shape index (κ1) is 15.4. The second kappa shape index (κ2) is 5.55. The Balaban J connectivity index is 1.42. The molecule has 1 unspecified atom stereocenters. The van der Waals surface area contributed by atoms with Gasteiger partial charge >= 0.3 is 0 Å². The summed E-state index contributed by atoms with van der Waals surface area (Å²) in [6.45, 7) is 1.69. The standard InChI is InChI=1S/C17H12N4O3S2/c1-8-14(22)19-10-6-9(2-3-12(10)24-8)18-15(23)13-7-11-16(26-13)20-17-21(11)4-5-25-17/h2-8H,1H3,(H,18,23)(H,19,22). The number of ether oxygens (including phenoxy) is 1. The maximum Gasteiger partial charge on any atom is 0.265 e. The lowest BCUT2D eigenvalue weighted by Crippen LogP contribution is -2.34. The maximum absolute atomic E-state index is 12.6. The Morgan fingerprint density at radius 3 is 3.15 bits per heavy atom. The van der Waals surface area contributed by atoms with E-state index in [4.69, 9.17) is 4.74 Å². The SMILES string of the molecule is CC1Oc2ccc(NC(=O)c3cc4c(nc5sccn54)s3)cc2NC1=O. The zero-order valence-electron chi connectivity index (χ0n) is 13.5. The van der Waals surface area contributed by atoms with E-state index in [-0.39, 0.29) is 11.8 Å². The predicted octanol–water partition coefficient (Wildman–Crippen LogP) is 3.58. The van der Waals surface area contributed by atoms with Crippen LogP contribution < -0.4 is 15.4 Å². The molecule has 0 aliphatic carbocycles. The lowest BCUT2D eigenvalue weighted by atomic mass is 10.2. The van der Waals surface area contributed by atoms with Crippen LogP contribution in [0, 0.1) is 0 Å². The number of carbonyl (C=O) groups is 2. The molecule has 1 aliphatic rings. The summed E-state index contributed by atoms with van der Waals surface area (Å²) in [6.07, 6.45) is 1.41. The number of rotatable bonds is 2. The minimum absolute atomic E-state index is 0.208. The highest BCUT2D eigenvalue weighted by atomic mass is 32.1. The smallest absolute Gasteiger partial charge is 0.265 e. The average molecular weight is 384 g/mol. The first-order valence-corrected chi connectivity index (χ1v) is 9.56. The van der Waals surface area contributed by atoms with Gasteiger partial charge in [0.15, 0.2) is 11.1 Å². The van der Waals surface area contributed by atoms with Crippen LogP contribution in [0.25, 0.3) is 15.3 Å². The van der Waals surface area contributed by atoms with Gasteiger partial charge in [0.2, 0.25) is 0 Å². The molecule has 2 N–H and O–H groups in total. The van der Waals surface area contributed by atoms with Crippen LogP contribution in [0.3, 0.4) is 0 Å². The van der Waals surface area contributed by atoms with E-state index in [0.29, 0.717) is 22.0 Å². The summed E-state index contributed by atoms with van der Waals surface area (Å²) in [4.78, 5) is 31.2. The number of aromatic nitrogens is 2. The Bertz CT molecular complexity index is 1190. The topological polar surface area (TPSA) is 84.7 Å². The molecule has 7 nitrogen and oxygen atoms in total. The first-order valence-electron chi connectivity index (χ1n) is 7.86. The molecule has 0 saturated heterocycles. The van der Waals surface area contributed by atoms with E-state index in [1.165, 1.54) is 11.3 Å². The van der Waals surface area contributed by atoms with Crippen molar-refractivity contribution in [2.45, 2.75) is 13.0 Å². The van der Waals surface area contributed by atoms with Crippen LogP contribution in [-0.2, 0) is 4.79 Å². The Morgan fingerprint density at radius 1 is 1.38 bits per heavy atom. The number of nitrogens with one attached hydrogen (secondary N) is 2. The van der Waals surface area contributed by atoms with Gasteiger partial charge in [-0.2, -0.15) is 0 Å². The molecule has 4 heterocycles. The highest BCUT2D eigenvalue weighted by molar-refractivity contribution is 7.21. The van der Waals surface area contributed by atoms with Crippen molar-refractivity contribution in [1.29, 1.82) is 0 Å². The molecule has 0 bridgehead atoms. The number of anilines is 2. The number of carbonyl (C=O) groups excluding carboxylic acids is 2. The molecule has 2 amide bonds. The van der Waals surface area contributed by atoms with E-state index in [2.05, 4.69) is 15.6 Å². The van der Waals surface area contributed by atoms with Gasteiger partial charge in [0.25, 0.3) is 11.8 Å². The quantitative estimate of drug-likeness (QED) is 0.553. The number of nitrogens with zero attached hydrogens (tertiary/aromatic N) is 2. The summed E-state index contributed by atoms with van der Waals surface area (Å²) < 4.78 is 7.49. The van der Waals surface area contributed by atoms with Crippen molar-refractivity contribution < 1.29 is 14.3 Å². The molecule has 130 valence electrons. The van der Waals surface area contributed by atoms with Crippen LogP contribution in [0.5, 0.6) is 5.75 Å². The van der Waals surface area contributed by atoms with E-state index < -0.39 is 6.10 Å². The van der Waals surface area contributed by atoms with Gasteiger partial charge in [-0.25, -0.2) is 4.98 Å². The molecule has 1 aromatic carbocycles. The van der Waals surface area contributed by atoms with Gasteiger partial charge in [-0.1, -0.05) is 0 Å². The monoisotopic (exact) mass is 384 g/mol. The molecular formula is C17H12N4O3S2. The minimum atomic E-state index is -0.528. The summed E-state index contributed by atoms with van der Waals surface area (Å²) in [5, 5.41) is 7.59. The van der Waals surface area contributed by atoms with Crippen molar-refractivity contribution in [1.82, 2.24) is 9.38 Å². The van der Waals surface area contributed by atoms with Crippen LogP contribution in [0.2, 0.25) is 0 Å². The number of hydrogen-bond donors (Lipinski definition) is 2. The number of amides is 2. The van der Waals surface area contributed by atoms with Gasteiger partial charge < -0.3 is 15.4 Å². The molecule has 3 aromatic heterocycles. The van der Waals surface area contributed by atoms with Crippen LogP contribution in [0.1, 0.15) is 16.6 Å². The second-order valence-corrected chi connectivity index (χ2v) is 7.79. The van der Waals surface area contributed by atoms with Crippen molar-refractivity contribution in [3.63, 3.8) is 0 Å². The van der Waals surface area contributed by atoms with E-state index >= 15 is 0 Å². The Hall–Kier alpha value is -2.91. The predicted molar refractivity (Wildman–Crippen MR) is 102 cm³/mol. The van der Waals surface area contributed by atoms with Crippen molar-refractivity contribution in [3.8, 4) is 5.75 Å². The Labute approximate surface area is 155 Å². The van der Waals surface area contributed by atoms with Crippen molar-refractivity contribution in [2.24, 2.45) is 0 Å². The summed E-state index contributed by atoms with van der Waals surface area (Å²) in [7, 11) is 0. The molecule has 1 atom stereocenters. The third kappa shape index (κ3) is 2.36. The fourth-order valence-corrected chi connectivity index (χ4v) is 4.53. The number of fused-ring (bicyclic) bond motifs is 4. The van der Waals surface area contributed by atoms with E-state index in [1.54, 1.807) is 36.5 Å². The number of thiophene rings is 1. The van der Waals surface area contributed by atoms with Gasteiger partial charge in [-0.05, 0) is 31.2 Å². The van der Waals surface area contributed by atoms with Crippen LogP contribution in [-0.4, -0.2) is 27.3 Å². The van der Waals surface area contributed by atoms with E-state index in [0.717, 1.165) is 15.3 Å². The zero-order valence-corrected chi connectivity index (χ0v) is 15.1. The fourth-order valence-electron chi connectivity index (χ4n) is 2.84. The third-order valence-electron chi connectivity index (χ3n) is 4.13.